The monoisotopic (exact) mass is 430 g/mol. The van der Waals surface area contributed by atoms with E-state index in [0.717, 1.165) is 131 Å². The first-order chi connectivity index (χ1) is 15.0. The van der Waals surface area contributed by atoms with Gasteiger partial charge < -0.3 is 53.2 Å². The van der Waals surface area contributed by atoms with Gasteiger partial charge in [-0.3, -0.25) is 0 Å². The van der Waals surface area contributed by atoms with Crippen molar-refractivity contribution in [3.63, 3.8) is 0 Å². The Kier molecular flexibility index (Phi) is 22.9. The first kappa shape index (κ1) is 27.6. The molecule has 10 heteroatoms. The molecular weight excluding hydrogens is 380 g/mol. The van der Waals surface area contributed by atoms with E-state index < -0.39 is 0 Å². The summed E-state index contributed by atoms with van der Waals surface area (Å²) in [5, 5.41) is 34.6. The smallest absolute Gasteiger partial charge is 0.00772 e. The second-order valence-corrected chi connectivity index (χ2v) is 7.50. The van der Waals surface area contributed by atoms with Crippen molar-refractivity contribution in [2.24, 2.45) is 0 Å². The van der Waals surface area contributed by atoms with E-state index in [0.29, 0.717) is 0 Å². The maximum absolute atomic E-state index is 3.46. The third-order valence-corrected chi connectivity index (χ3v) is 4.79. The van der Waals surface area contributed by atoms with E-state index in [4.69, 9.17) is 0 Å². The molecule has 0 aliphatic carbocycles. The summed E-state index contributed by atoms with van der Waals surface area (Å²) in [7, 11) is 0. The second kappa shape index (κ2) is 24.9. The van der Waals surface area contributed by atoms with Crippen molar-refractivity contribution < 1.29 is 0 Å². The lowest BCUT2D eigenvalue weighted by Crippen LogP contribution is -2.39. The van der Waals surface area contributed by atoms with Crippen molar-refractivity contribution in [1.29, 1.82) is 0 Å². The van der Waals surface area contributed by atoms with E-state index in [1.807, 2.05) is 0 Å². The molecule has 0 unspecified atom stereocenters. The molecule has 0 bridgehead atoms. The van der Waals surface area contributed by atoms with Crippen molar-refractivity contribution in [3.05, 3.63) is 0 Å². The van der Waals surface area contributed by atoms with Crippen LogP contribution in [0.25, 0.3) is 0 Å². The summed E-state index contributed by atoms with van der Waals surface area (Å²) in [4.78, 5) is 0. The van der Waals surface area contributed by atoms with Crippen molar-refractivity contribution in [3.8, 4) is 0 Å². The van der Waals surface area contributed by atoms with Gasteiger partial charge in [-0.2, -0.15) is 0 Å². The molecule has 0 atom stereocenters. The van der Waals surface area contributed by atoms with Gasteiger partial charge in [-0.1, -0.05) is 0 Å². The van der Waals surface area contributed by atoms with E-state index in [2.05, 4.69) is 53.2 Å². The molecule has 10 nitrogen and oxygen atoms in total. The summed E-state index contributed by atoms with van der Waals surface area (Å²) in [6.07, 6.45) is 0. The van der Waals surface area contributed by atoms with Crippen LogP contribution >= 0.6 is 0 Å². The van der Waals surface area contributed by atoms with Crippen LogP contribution in [0.2, 0.25) is 0 Å². The first-order valence-electron chi connectivity index (χ1n) is 12.1. The van der Waals surface area contributed by atoms with Crippen LogP contribution in [0.15, 0.2) is 0 Å². The molecule has 0 aromatic carbocycles. The number of nitrogens with one attached hydrogen (secondary N) is 10. The summed E-state index contributed by atoms with van der Waals surface area (Å²) in [5.74, 6) is 0. The molecule has 0 amide bonds. The van der Waals surface area contributed by atoms with Gasteiger partial charge in [0.15, 0.2) is 0 Å². The van der Waals surface area contributed by atoms with Gasteiger partial charge in [0, 0.05) is 131 Å². The fourth-order valence-corrected chi connectivity index (χ4v) is 3.02. The molecule has 0 spiro atoms. The molecule has 30 heavy (non-hydrogen) atoms. The van der Waals surface area contributed by atoms with Crippen LogP contribution in [0.3, 0.4) is 0 Å². The molecule has 0 saturated carbocycles. The minimum Gasteiger partial charge on any atom is -0.314 e. The zero-order valence-electron chi connectivity index (χ0n) is 19.1. The van der Waals surface area contributed by atoms with Crippen molar-refractivity contribution >= 4 is 0 Å². The number of rotatable bonds is 0. The summed E-state index contributed by atoms with van der Waals surface area (Å²) < 4.78 is 0. The zero-order chi connectivity index (χ0) is 21.2. The minimum absolute atomic E-state index is 1.02. The fraction of sp³-hybridized carbons (Fsp3) is 1.00. The average Bonchev–Trinajstić information content (AvgIpc) is 2.76. The molecule has 1 rings (SSSR count). The molecule has 1 fully saturated rings. The highest BCUT2D eigenvalue weighted by molar-refractivity contribution is 4.61. The molecule has 180 valence electrons. The van der Waals surface area contributed by atoms with E-state index >= 15 is 0 Å². The van der Waals surface area contributed by atoms with Crippen LogP contribution in [0.1, 0.15) is 0 Å². The van der Waals surface area contributed by atoms with Gasteiger partial charge >= 0.3 is 0 Å². The molecule has 10 N–H and O–H groups in total. The van der Waals surface area contributed by atoms with Crippen LogP contribution in [0.4, 0.5) is 0 Å². The van der Waals surface area contributed by atoms with Gasteiger partial charge in [-0.05, 0) is 0 Å². The van der Waals surface area contributed by atoms with Crippen LogP contribution in [0.5, 0.6) is 0 Å². The number of hydrogen-bond acceptors (Lipinski definition) is 10. The predicted molar refractivity (Wildman–Crippen MR) is 129 cm³/mol. The topological polar surface area (TPSA) is 120 Å². The van der Waals surface area contributed by atoms with Gasteiger partial charge in [-0.15, -0.1) is 0 Å². The Balaban J connectivity index is 2.00. The summed E-state index contributed by atoms with van der Waals surface area (Å²) in [5.41, 5.74) is 0. The van der Waals surface area contributed by atoms with Gasteiger partial charge in [0.25, 0.3) is 0 Å². The Morgan fingerprint density at radius 2 is 0.200 bits per heavy atom. The maximum Gasteiger partial charge on any atom is 0.00772 e. The third kappa shape index (κ3) is 22.3. The summed E-state index contributed by atoms with van der Waals surface area (Å²) in [6.45, 7) is 20.4. The first-order valence-corrected chi connectivity index (χ1v) is 12.1. The zero-order valence-corrected chi connectivity index (χ0v) is 19.1. The van der Waals surface area contributed by atoms with Crippen LogP contribution in [-0.2, 0) is 0 Å². The molecular formula is C20H50N10. The van der Waals surface area contributed by atoms with Crippen LogP contribution in [-0.4, -0.2) is 131 Å². The Morgan fingerprint density at radius 1 is 0.133 bits per heavy atom. The molecule has 1 aliphatic rings. The van der Waals surface area contributed by atoms with E-state index in [1.54, 1.807) is 0 Å². The molecule has 0 aromatic heterocycles. The highest BCUT2D eigenvalue weighted by atomic mass is 15.0. The van der Waals surface area contributed by atoms with Crippen molar-refractivity contribution in [2.75, 3.05) is 131 Å². The average molecular weight is 431 g/mol. The Morgan fingerprint density at radius 3 is 0.267 bits per heavy atom. The quantitative estimate of drug-likeness (QED) is 0.186. The van der Waals surface area contributed by atoms with E-state index in [1.165, 1.54) is 0 Å². The molecule has 0 aromatic rings. The largest absolute Gasteiger partial charge is 0.314 e. The van der Waals surface area contributed by atoms with Crippen LogP contribution < -0.4 is 53.2 Å². The summed E-state index contributed by atoms with van der Waals surface area (Å²) in [6, 6.07) is 0. The Labute approximate surface area is 184 Å². The maximum atomic E-state index is 3.46. The standard InChI is InChI=1S/C20H50N10/c1-2-22-5-6-24-9-10-26-13-14-28-17-18-30-20-19-29-16-15-27-12-11-25-8-7-23-4-3-21-1/h21-30H,1-20H2. The van der Waals surface area contributed by atoms with Gasteiger partial charge in [0.2, 0.25) is 0 Å². The molecule has 1 aliphatic heterocycles. The minimum atomic E-state index is 1.02. The lowest BCUT2D eigenvalue weighted by molar-refractivity contribution is 0.534. The molecule has 0 radical (unpaired) electrons. The van der Waals surface area contributed by atoms with Gasteiger partial charge in [0.05, 0.1) is 0 Å². The normalized spacial score (nSPS) is 24.0. The van der Waals surface area contributed by atoms with Crippen molar-refractivity contribution in [2.45, 2.75) is 0 Å². The Hall–Kier alpha value is -0.400. The molecule has 1 heterocycles. The highest BCUT2D eigenvalue weighted by Crippen LogP contribution is 1.67. The fourth-order valence-electron chi connectivity index (χ4n) is 3.02. The molecule has 1 saturated heterocycles. The van der Waals surface area contributed by atoms with Gasteiger partial charge in [0.1, 0.15) is 0 Å². The lowest BCUT2D eigenvalue weighted by atomic mass is 10.4. The summed E-state index contributed by atoms with van der Waals surface area (Å²) >= 11 is 0. The SMILES string of the molecule is C1CNCCNCCNCCNCCNCCNCCNCCNCCNCCN1. The lowest BCUT2D eigenvalue weighted by Gasteiger charge is -2.11. The van der Waals surface area contributed by atoms with E-state index in [-0.39, 0.29) is 0 Å². The third-order valence-electron chi connectivity index (χ3n) is 4.79. The van der Waals surface area contributed by atoms with Gasteiger partial charge in [-0.25, -0.2) is 0 Å². The van der Waals surface area contributed by atoms with E-state index in [9.17, 15) is 0 Å². The predicted octanol–water partition coefficient (Wildman–Crippen LogP) is -4.10. The Bertz CT molecular complexity index is 175. The highest BCUT2D eigenvalue weighted by Gasteiger charge is 1.93. The van der Waals surface area contributed by atoms with Crippen LogP contribution in [0, 0.1) is 0 Å². The number of hydrogen-bond donors (Lipinski definition) is 10. The second-order valence-electron chi connectivity index (χ2n) is 7.50. The van der Waals surface area contributed by atoms with Crippen molar-refractivity contribution in [1.82, 2.24) is 53.2 Å².